The Bertz CT molecular complexity index is 331. The third-order valence-corrected chi connectivity index (χ3v) is 3.60. The van der Waals surface area contributed by atoms with Gasteiger partial charge in [0.1, 0.15) is 0 Å². The fraction of sp³-hybridized carbons (Fsp3) is 0.538. The van der Waals surface area contributed by atoms with Crippen molar-refractivity contribution in [3.05, 3.63) is 33.8 Å². The first-order chi connectivity index (χ1) is 7.01. The molecule has 2 N–H and O–H groups in total. The minimum atomic E-state index is 0.0628. The molecule has 84 valence electrons. The third-order valence-electron chi connectivity index (χ3n) is 2.86. The first-order valence-corrected chi connectivity index (χ1v) is 6.29. The van der Waals surface area contributed by atoms with E-state index in [0.717, 1.165) is 6.42 Å². The Hall–Kier alpha value is -0.340. The molecule has 1 nitrogen and oxygen atoms in total. The minimum absolute atomic E-state index is 0.0628. The van der Waals surface area contributed by atoms with E-state index in [0.29, 0.717) is 6.54 Å². The van der Waals surface area contributed by atoms with Gasteiger partial charge in [0.2, 0.25) is 0 Å². The van der Waals surface area contributed by atoms with Crippen LogP contribution in [0.4, 0.5) is 0 Å². The maximum Gasteiger partial charge on any atom is 0.0210 e. The molecule has 1 aromatic rings. The van der Waals surface area contributed by atoms with Gasteiger partial charge in [-0.05, 0) is 23.6 Å². The minimum Gasteiger partial charge on any atom is -0.330 e. The van der Waals surface area contributed by atoms with Crippen LogP contribution >= 0.6 is 15.9 Å². The number of aryl methyl sites for hydroxylation is 1. The molecule has 0 heterocycles. The van der Waals surface area contributed by atoms with E-state index in [-0.39, 0.29) is 5.41 Å². The van der Waals surface area contributed by atoms with Gasteiger partial charge < -0.3 is 5.73 Å². The summed E-state index contributed by atoms with van der Waals surface area (Å²) in [7, 11) is 0. The van der Waals surface area contributed by atoms with Crippen LogP contribution in [-0.4, -0.2) is 6.54 Å². The second kappa shape index (κ2) is 5.13. The van der Waals surface area contributed by atoms with Crippen LogP contribution in [0.5, 0.6) is 0 Å². The molecule has 0 atom stereocenters. The van der Waals surface area contributed by atoms with Crippen molar-refractivity contribution in [2.45, 2.75) is 39.0 Å². The second-order valence-electron chi connectivity index (χ2n) is 4.64. The normalized spacial score (nSPS) is 11.8. The molecule has 0 bridgehead atoms. The first-order valence-electron chi connectivity index (χ1n) is 5.50. The molecular formula is C13H20BrN. The van der Waals surface area contributed by atoms with Gasteiger partial charge >= 0.3 is 0 Å². The van der Waals surface area contributed by atoms with Gasteiger partial charge in [-0.25, -0.2) is 0 Å². The Labute approximate surface area is 101 Å². The quantitative estimate of drug-likeness (QED) is 0.888. The average molecular weight is 270 g/mol. The SMILES string of the molecule is CCCc1ccc(C(C)(C)CN)cc1Br. The Morgan fingerprint density at radius 2 is 2.00 bits per heavy atom. The predicted molar refractivity (Wildman–Crippen MR) is 70.2 cm³/mol. The van der Waals surface area contributed by atoms with Crippen molar-refractivity contribution in [3.63, 3.8) is 0 Å². The molecule has 0 saturated heterocycles. The number of hydrogen-bond acceptors (Lipinski definition) is 1. The monoisotopic (exact) mass is 269 g/mol. The van der Waals surface area contributed by atoms with E-state index in [4.69, 9.17) is 5.73 Å². The third kappa shape index (κ3) is 3.05. The maximum absolute atomic E-state index is 5.77. The molecule has 1 aromatic carbocycles. The van der Waals surface area contributed by atoms with Crippen LogP contribution in [0.2, 0.25) is 0 Å². The maximum atomic E-state index is 5.77. The molecule has 15 heavy (non-hydrogen) atoms. The molecule has 0 aliphatic rings. The van der Waals surface area contributed by atoms with Crippen LogP contribution < -0.4 is 5.73 Å². The molecule has 0 aliphatic carbocycles. The summed E-state index contributed by atoms with van der Waals surface area (Å²) >= 11 is 3.63. The fourth-order valence-corrected chi connectivity index (χ4v) is 2.14. The highest BCUT2D eigenvalue weighted by atomic mass is 79.9. The van der Waals surface area contributed by atoms with Crippen molar-refractivity contribution in [3.8, 4) is 0 Å². The van der Waals surface area contributed by atoms with Gasteiger partial charge in [-0.1, -0.05) is 55.3 Å². The van der Waals surface area contributed by atoms with Crippen LogP contribution in [0.3, 0.4) is 0 Å². The number of rotatable bonds is 4. The zero-order valence-electron chi connectivity index (χ0n) is 9.81. The van der Waals surface area contributed by atoms with Crippen molar-refractivity contribution >= 4 is 15.9 Å². The lowest BCUT2D eigenvalue weighted by molar-refractivity contribution is 0.538. The molecular weight excluding hydrogens is 250 g/mol. The Morgan fingerprint density at radius 3 is 2.47 bits per heavy atom. The summed E-state index contributed by atoms with van der Waals surface area (Å²) in [5.74, 6) is 0. The smallest absolute Gasteiger partial charge is 0.0210 e. The van der Waals surface area contributed by atoms with Crippen LogP contribution in [0.1, 0.15) is 38.3 Å². The van der Waals surface area contributed by atoms with Crippen LogP contribution in [0, 0.1) is 0 Å². The van der Waals surface area contributed by atoms with Gasteiger partial charge in [0.25, 0.3) is 0 Å². The topological polar surface area (TPSA) is 26.0 Å². The first kappa shape index (κ1) is 12.7. The summed E-state index contributed by atoms with van der Waals surface area (Å²) < 4.78 is 1.21. The van der Waals surface area contributed by atoms with E-state index >= 15 is 0 Å². The molecule has 0 radical (unpaired) electrons. The van der Waals surface area contributed by atoms with E-state index in [1.807, 2.05) is 0 Å². The van der Waals surface area contributed by atoms with Crippen LogP contribution in [0.15, 0.2) is 22.7 Å². The molecule has 0 amide bonds. The number of benzene rings is 1. The van der Waals surface area contributed by atoms with Crippen LogP contribution in [-0.2, 0) is 11.8 Å². The van der Waals surface area contributed by atoms with Crippen molar-refractivity contribution in [2.24, 2.45) is 5.73 Å². The Morgan fingerprint density at radius 1 is 1.33 bits per heavy atom. The zero-order chi connectivity index (χ0) is 11.5. The lowest BCUT2D eigenvalue weighted by Gasteiger charge is -2.23. The van der Waals surface area contributed by atoms with Crippen molar-refractivity contribution in [2.75, 3.05) is 6.54 Å². The fourth-order valence-electron chi connectivity index (χ4n) is 1.56. The van der Waals surface area contributed by atoms with Crippen molar-refractivity contribution < 1.29 is 0 Å². The highest BCUT2D eigenvalue weighted by Gasteiger charge is 2.18. The van der Waals surface area contributed by atoms with Gasteiger partial charge in [-0.15, -0.1) is 0 Å². The zero-order valence-corrected chi connectivity index (χ0v) is 11.4. The van der Waals surface area contributed by atoms with E-state index in [1.54, 1.807) is 0 Å². The summed E-state index contributed by atoms with van der Waals surface area (Å²) in [6.45, 7) is 7.22. The molecule has 2 heteroatoms. The van der Waals surface area contributed by atoms with Gasteiger partial charge in [-0.3, -0.25) is 0 Å². The van der Waals surface area contributed by atoms with Gasteiger partial charge in [0, 0.05) is 16.4 Å². The average Bonchev–Trinajstić information content (AvgIpc) is 2.21. The van der Waals surface area contributed by atoms with Crippen LogP contribution in [0.25, 0.3) is 0 Å². The van der Waals surface area contributed by atoms with Gasteiger partial charge in [0.05, 0.1) is 0 Å². The lowest BCUT2D eigenvalue weighted by atomic mass is 9.84. The molecule has 0 saturated carbocycles. The number of hydrogen-bond donors (Lipinski definition) is 1. The summed E-state index contributed by atoms with van der Waals surface area (Å²) in [6, 6.07) is 6.61. The standard InChI is InChI=1S/C13H20BrN/c1-4-5-10-6-7-11(8-12(10)14)13(2,3)9-15/h6-8H,4-5,9,15H2,1-3H3. The van der Waals surface area contributed by atoms with Gasteiger partial charge in [-0.2, -0.15) is 0 Å². The molecule has 0 aliphatic heterocycles. The summed E-state index contributed by atoms with van der Waals surface area (Å²) in [4.78, 5) is 0. The van der Waals surface area contributed by atoms with Crippen molar-refractivity contribution in [1.29, 1.82) is 0 Å². The molecule has 0 spiro atoms. The van der Waals surface area contributed by atoms with E-state index in [2.05, 4.69) is 54.9 Å². The van der Waals surface area contributed by atoms with E-state index in [9.17, 15) is 0 Å². The summed E-state index contributed by atoms with van der Waals surface area (Å²) in [5, 5.41) is 0. The molecule has 1 rings (SSSR count). The lowest BCUT2D eigenvalue weighted by Crippen LogP contribution is -2.28. The second-order valence-corrected chi connectivity index (χ2v) is 5.50. The van der Waals surface area contributed by atoms with E-state index in [1.165, 1.54) is 22.0 Å². The summed E-state index contributed by atoms with van der Waals surface area (Å²) in [5.41, 5.74) is 8.52. The number of nitrogens with two attached hydrogens (primary N) is 1. The predicted octanol–water partition coefficient (Wildman–Crippen LogP) is 3.64. The van der Waals surface area contributed by atoms with Gasteiger partial charge in [0.15, 0.2) is 0 Å². The summed E-state index contributed by atoms with van der Waals surface area (Å²) in [6.07, 6.45) is 2.31. The molecule has 0 unspecified atom stereocenters. The highest BCUT2D eigenvalue weighted by Crippen LogP contribution is 2.27. The van der Waals surface area contributed by atoms with E-state index < -0.39 is 0 Å². The molecule has 0 aromatic heterocycles. The number of halogens is 1. The molecule has 0 fully saturated rings. The van der Waals surface area contributed by atoms with Crippen molar-refractivity contribution in [1.82, 2.24) is 0 Å². The Balaban J connectivity index is 3.01. The highest BCUT2D eigenvalue weighted by molar-refractivity contribution is 9.10. The Kier molecular flexibility index (Phi) is 4.35. The largest absolute Gasteiger partial charge is 0.330 e.